The van der Waals surface area contributed by atoms with Crippen LogP contribution >= 0.6 is 22.2 Å². The van der Waals surface area contributed by atoms with Crippen LogP contribution in [0.25, 0.3) is 10.8 Å². The molecule has 2 aromatic rings. The van der Waals surface area contributed by atoms with E-state index in [1.54, 1.807) is 0 Å². The van der Waals surface area contributed by atoms with E-state index in [9.17, 15) is 0 Å². The van der Waals surface area contributed by atoms with Crippen LogP contribution in [0.15, 0.2) is 42.5 Å². The second-order valence-corrected chi connectivity index (χ2v) is 7.97. The lowest BCUT2D eigenvalue weighted by molar-refractivity contribution is 1.15. The predicted molar refractivity (Wildman–Crippen MR) is 69.9 cm³/mol. The van der Waals surface area contributed by atoms with E-state index in [2.05, 4.69) is 42.5 Å². The lowest BCUT2D eigenvalue weighted by atomic mass is 10.0. The third-order valence-electron chi connectivity index (χ3n) is 2.46. The topological polar surface area (TPSA) is 0 Å². The smallest absolute Gasteiger partial charge is 0.147 e. The summed E-state index contributed by atoms with van der Waals surface area (Å²) in [5, 5.41) is 2.60. The molecule has 15 heavy (non-hydrogen) atoms. The van der Waals surface area contributed by atoms with E-state index >= 15 is 0 Å². The molecule has 0 unspecified atom stereocenters. The molecule has 3 heteroatoms. The first-order valence-electron chi connectivity index (χ1n) is 4.91. The highest BCUT2D eigenvalue weighted by atomic mass is 35.7. The van der Waals surface area contributed by atoms with Gasteiger partial charge in [-0.25, -0.2) is 0 Å². The van der Waals surface area contributed by atoms with Gasteiger partial charge in [-0.2, -0.15) is 0 Å². The van der Waals surface area contributed by atoms with Crippen molar-refractivity contribution in [2.24, 2.45) is 0 Å². The van der Waals surface area contributed by atoms with Crippen LogP contribution in [0.5, 0.6) is 0 Å². The van der Waals surface area contributed by atoms with Gasteiger partial charge < -0.3 is 0 Å². The number of halogens is 2. The molecule has 0 spiro atoms. The molecule has 0 saturated heterocycles. The summed E-state index contributed by atoms with van der Waals surface area (Å²) in [4.78, 5) is 0. The van der Waals surface area contributed by atoms with E-state index in [1.165, 1.54) is 16.3 Å². The molecule has 0 atom stereocenters. The van der Waals surface area contributed by atoms with E-state index < -0.39 is 7.42 Å². The van der Waals surface area contributed by atoms with Gasteiger partial charge in [-0.1, -0.05) is 42.5 Å². The molecule has 2 aromatic carbocycles. The van der Waals surface area contributed by atoms with Crippen LogP contribution in [0.1, 0.15) is 5.56 Å². The van der Waals surface area contributed by atoms with Crippen LogP contribution in [0.2, 0.25) is 6.04 Å². The van der Waals surface area contributed by atoms with Gasteiger partial charge in [0.2, 0.25) is 0 Å². The fourth-order valence-corrected chi connectivity index (χ4v) is 2.76. The Morgan fingerprint density at radius 2 is 1.67 bits per heavy atom. The maximum absolute atomic E-state index is 5.85. The molecule has 0 saturated carbocycles. The zero-order valence-corrected chi connectivity index (χ0v) is 10.7. The number of hydrogen-bond acceptors (Lipinski definition) is 0. The van der Waals surface area contributed by atoms with Crippen molar-refractivity contribution in [1.82, 2.24) is 0 Å². The predicted octanol–water partition coefficient (Wildman–Crippen LogP) is 4.35. The Labute approximate surface area is 101 Å². The molecule has 0 fully saturated rings. The average Bonchev–Trinajstić information content (AvgIpc) is 2.26. The maximum atomic E-state index is 5.85. The van der Waals surface area contributed by atoms with Crippen molar-refractivity contribution in [2.75, 3.05) is 0 Å². The van der Waals surface area contributed by atoms with Crippen molar-refractivity contribution in [3.63, 3.8) is 0 Å². The lowest BCUT2D eigenvalue weighted by Gasteiger charge is -2.05. The number of fused-ring (bicyclic) bond motifs is 1. The van der Waals surface area contributed by atoms with E-state index in [1.807, 2.05) is 0 Å². The third kappa shape index (κ3) is 2.74. The van der Waals surface area contributed by atoms with Crippen LogP contribution < -0.4 is 0 Å². The van der Waals surface area contributed by atoms with Crippen LogP contribution in [0.3, 0.4) is 0 Å². The number of aryl methyl sites for hydroxylation is 1. The fourth-order valence-electron chi connectivity index (χ4n) is 1.74. The van der Waals surface area contributed by atoms with Crippen LogP contribution in [0.4, 0.5) is 0 Å². The van der Waals surface area contributed by atoms with E-state index in [0.717, 1.165) is 12.5 Å². The molecule has 0 heterocycles. The minimum atomic E-state index is -1.16. The fraction of sp³-hybridized carbons (Fsp3) is 0.167. The van der Waals surface area contributed by atoms with Gasteiger partial charge in [0.05, 0.1) is 0 Å². The highest BCUT2D eigenvalue weighted by Crippen LogP contribution is 2.21. The number of hydrogen-bond donors (Lipinski definition) is 0. The molecule has 0 amide bonds. The molecule has 0 nitrogen and oxygen atoms in total. The van der Waals surface area contributed by atoms with E-state index in [-0.39, 0.29) is 0 Å². The number of benzene rings is 2. The van der Waals surface area contributed by atoms with Crippen molar-refractivity contribution in [1.29, 1.82) is 0 Å². The molecule has 0 N–H and O–H groups in total. The van der Waals surface area contributed by atoms with Crippen LogP contribution in [-0.4, -0.2) is 7.42 Å². The van der Waals surface area contributed by atoms with Crippen molar-refractivity contribution in [2.45, 2.75) is 12.5 Å². The quantitative estimate of drug-likeness (QED) is 0.564. The second kappa shape index (κ2) is 5.02. The maximum Gasteiger partial charge on any atom is 0.274 e. The Bertz CT molecular complexity index is 449. The standard InChI is InChI=1S/C12H11Cl2Si/c13-15(14)9-8-11-6-3-5-10-4-1-2-7-12(10)11/h1-7H,8-9H2. The summed E-state index contributed by atoms with van der Waals surface area (Å²) >= 11 is 11.7. The van der Waals surface area contributed by atoms with Crippen LogP contribution in [0, 0.1) is 0 Å². The van der Waals surface area contributed by atoms with Gasteiger partial charge in [-0.3, -0.25) is 0 Å². The Balaban J connectivity index is 2.34. The highest BCUT2D eigenvalue weighted by Gasteiger charge is 2.05. The highest BCUT2D eigenvalue weighted by molar-refractivity contribution is 7.33. The summed E-state index contributed by atoms with van der Waals surface area (Å²) in [5.74, 6) is 0. The Morgan fingerprint density at radius 3 is 2.47 bits per heavy atom. The summed E-state index contributed by atoms with van der Waals surface area (Å²) in [6, 6.07) is 15.7. The van der Waals surface area contributed by atoms with E-state index in [0.29, 0.717) is 0 Å². The average molecular weight is 254 g/mol. The van der Waals surface area contributed by atoms with Crippen LogP contribution in [-0.2, 0) is 6.42 Å². The van der Waals surface area contributed by atoms with Crippen molar-refractivity contribution < 1.29 is 0 Å². The van der Waals surface area contributed by atoms with Crippen molar-refractivity contribution >= 4 is 40.3 Å². The normalized spacial score (nSPS) is 11.1. The summed E-state index contributed by atoms with van der Waals surface area (Å²) in [7, 11) is -1.16. The zero-order chi connectivity index (χ0) is 10.7. The lowest BCUT2D eigenvalue weighted by Crippen LogP contribution is -1.95. The van der Waals surface area contributed by atoms with Crippen molar-refractivity contribution in [3.8, 4) is 0 Å². The minimum absolute atomic E-state index is 0.905. The van der Waals surface area contributed by atoms with Gasteiger partial charge in [0.25, 0.3) is 7.42 Å². The van der Waals surface area contributed by atoms with Crippen molar-refractivity contribution in [3.05, 3.63) is 48.0 Å². The molecule has 1 radical (unpaired) electrons. The van der Waals surface area contributed by atoms with Gasteiger partial charge in [-0.15, -0.1) is 22.2 Å². The molecule has 0 aliphatic heterocycles. The molecule has 0 aliphatic rings. The van der Waals surface area contributed by atoms with E-state index in [4.69, 9.17) is 22.2 Å². The molecule has 2 rings (SSSR count). The van der Waals surface area contributed by atoms with Gasteiger partial charge in [0.15, 0.2) is 0 Å². The second-order valence-electron chi connectivity index (χ2n) is 3.48. The Hall–Kier alpha value is -0.503. The Morgan fingerprint density at radius 1 is 0.933 bits per heavy atom. The molecule has 77 valence electrons. The first-order chi connectivity index (χ1) is 7.27. The molecular formula is C12H11Cl2Si. The molecule has 0 aliphatic carbocycles. The summed E-state index contributed by atoms with van der Waals surface area (Å²) in [5.41, 5.74) is 1.34. The summed E-state index contributed by atoms with van der Waals surface area (Å²) in [6.45, 7) is 0. The molecule has 0 aromatic heterocycles. The SMILES string of the molecule is Cl[Si](Cl)CCc1cccc2ccccc12. The number of rotatable bonds is 3. The van der Waals surface area contributed by atoms with Gasteiger partial charge in [0, 0.05) is 0 Å². The first-order valence-corrected chi connectivity index (χ1v) is 8.64. The Kier molecular flexibility index (Phi) is 3.68. The first kappa shape index (κ1) is 11.0. The van der Waals surface area contributed by atoms with Gasteiger partial charge >= 0.3 is 0 Å². The van der Waals surface area contributed by atoms with Gasteiger partial charge in [-0.05, 0) is 28.8 Å². The summed E-state index contributed by atoms with van der Waals surface area (Å²) < 4.78 is 0. The zero-order valence-electron chi connectivity index (χ0n) is 8.21. The monoisotopic (exact) mass is 253 g/mol. The molecular weight excluding hydrogens is 243 g/mol. The minimum Gasteiger partial charge on any atom is -0.147 e. The largest absolute Gasteiger partial charge is 0.274 e. The third-order valence-corrected chi connectivity index (χ3v) is 4.23. The van der Waals surface area contributed by atoms with Gasteiger partial charge in [0.1, 0.15) is 0 Å². The molecule has 0 bridgehead atoms. The summed E-state index contributed by atoms with van der Waals surface area (Å²) in [6.07, 6.45) is 0.975.